The third-order valence-corrected chi connectivity index (χ3v) is 3.41. The molecule has 0 bridgehead atoms. The standard InChI is InChI=1S/C14H20FN/c1-10(2)13-6-5-11(8-14(13)15)12-4-3-7-16-9-12/h5-6,8,10,12,16H,3-4,7,9H2,1-2H3. The smallest absolute Gasteiger partial charge is 0.126 e. The minimum absolute atomic E-state index is 0.0435. The van der Waals surface area contributed by atoms with Crippen molar-refractivity contribution in [2.24, 2.45) is 0 Å². The molecule has 1 unspecified atom stereocenters. The van der Waals surface area contributed by atoms with Crippen molar-refractivity contribution in [2.45, 2.75) is 38.5 Å². The lowest BCUT2D eigenvalue weighted by atomic mass is 9.90. The summed E-state index contributed by atoms with van der Waals surface area (Å²) >= 11 is 0. The van der Waals surface area contributed by atoms with Crippen LogP contribution in [-0.2, 0) is 0 Å². The molecule has 1 atom stereocenters. The highest BCUT2D eigenvalue weighted by molar-refractivity contribution is 5.29. The summed E-state index contributed by atoms with van der Waals surface area (Å²) in [6.45, 7) is 6.14. The zero-order valence-electron chi connectivity index (χ0n) is 10.1. The summed E-state index contributed by atoms with van der Waals surface area (Å²) in [5.41, 5.74) is 1.97. The van der Waals surface area contributed by atoms with Crippen LogP contribution in [0.3, 0.4) is 0 Å². The van der Waals surface area contributed by atoms with Crippen LogP contribution in [0.15, 0.2) is 18.2 Å². The second kappa shape index (κ2) is 4.96. The van der Waals surface area contributed by atoms with Gasteiger partial charge in [0, 0.05) is 6.54 Å². The van der Waals surface area contributed by atoms with E-state index in [1.807, 2.05) is 19.9 Å². The van der Waals surface area contributed by atoms with Crippen molar-refractivity contribution in [1.82, 2.24) is 5.32 Å². The fraction of sp³-hybridized carbons (Fsp3) is 0.571. The van der Waals surface area contributed by atoms with Gasteiger partial charge in [-0.05, 0) is 48.4 Å². The van der Waals surface area contributed by atoms with Gasteiger partial charge in [0.15, 0.2) is 0 Å². The number of hydrogen-bond donors (Lipinski definition) is 1. The molecular formula is C14H20FN. The Morgan fingerprint density at radius 3 is 2.75 bits per heavy atom. The van der Waals surface area contributed by atoms with E-state index >= 15 is 0 Å². The third kappa shape index (κ3) is 2.43. The molecule has 1 N–H and O–H groups in total. The quantitative estimate of drug-likeness (QED) is 0.807. The summed E-state index contributed by atoms with van der Waals surface area (Å²) in [6.07, 6.45) is 2.37. The van der Waals surface area contributed by atoms with Gasteiger partial charge in [-0.2, -0.15) is 0 Å². The summed E-state index contributed by atoms with van der Waals surface area (Å²) in [6, 6.07) is 5.77. The summed E-state index contributed by atoms with van der Waals surface area (Å²) in [7, 11) is 0. The van der Waals surface area contributed by atoms with Crippen LogP contribution in [-0.4, -0.2) is 13.1 Å². The topological polar surface area (TPSA) is 12.0 Å². The average molecular weight is 221 g/mol. The molecule has 1 aromatic rings. The van der Waals surface area contributed by atoms with Crippen LogP contribution < -0.4 is 5.32 Å². The predicted octanol–water partition coefficient (Wildman–Crippen LogP) is 3.42. The molecule has 0 aromatic heterocycles. The first-order chi connectivity index (χ1) is 7.68. The van der Waals surface area contributed by atoms with E-state index in [-0.39, 0.29) is 11.7 Å². The number of halogens is 1. The van der Waals surface area contributed by atoms with Crippen molar-refractivity contribution in [3.63, 3.8) is 0 Å². The molecule has 0 radical (unpaired) electrons. The van der Waals surface area contributed by atoms with Gasteiger partial charge < -0.3 is 5.32 Å². The first-order valence-electron chi connectivity index (χ1n) is 6.18. The highest BCUT2D eigenvalue weighted by atomic mass is 19.1. The van der Waals surface area contributed by atoms with Gasteiger partial charge in [0.2, 0.25) is 0 Å². The van der Waals surface area contributed by atoms with Crippen molar-refractivity contribution in [3.8, 4) is 0 Å². The fourth-order valence-corrected chi connectivity index (χ4v) is 2.40. The molecule has 0 aliphatic carbocycles. The zero-order valence-corrected chi connectivity index (χ0v) is 10.1. The Morgan fingerprint density at radius 1 is 1.38 bits per heavy atom. The summed E-state index contributed by atoms with van der Waals surface area (Å²) in [4.78, 5) is 0. The molecule has 1 aliphatic rings. The van der Waals surface area contributed by atoms with E-state index in [1.165, 1.54) is 12.8 Å². The van der Waals surface area contributed by atoms with Crippen molar-refractivity contribution >= 4 is 0 Å². The molecule has 1 nitrogen and oxygen atoms in total. The largest absolute Gasteiger partial charge is 0.316 e. The predicted molar refractivity (Wildman–Crippen MR) is 65.3 cm³/mol. The Labute approximate surface area is 97.1 Å². The number of rotatable bonds is 2. The molecule has 1 aliphatic heterocycles. The van der Waals surface area contributed by atoms with Crippen LogP contribution in [0, 0.1) is 5.82 Å². The fourth-order valence-electron chi connectivity index (χ4n) is 2.40. The number of benzene rings is 1. The monoisotopic (exact) mass is 221 g/mol. The van der Waals surface area contributed by atoms with Gasteiger partial charge in [0.1, 0.15) is 5.82 Å². The van der Waals surface area contributed by atoms with E-state index in [0.29, 0.717) is 5.92 Å². The van der Waals surface area contributed by atoms with Crippen molar-refractivity contribution < 1.29 is 4.39 Å². The molecule has 1 heterocycles. The van der Waals surface area contributed by atoms with Gasteiger partial charge >= 0.3 is 0 Å². The third-order valence-electron chi connectivity index (χ3n) is 3.41. The maximum absolute atomic E-state index is 13.8. The molecule has 2 heteroatoms. The Hall–Kier alpha value is -0.890. The molecule has 1 aromatic carbocycles. The molecule has 2 rings (SSSR count). The summed E-state index contributed by atoms with van der Waals surface area (Å²) in [5.74, 6) is 0.709. The van der Waals surface area contributed by atoms with E-state index in [2.05, 4.69) is 11.4 Å². The maximum Gasteiger partial charge on any atom is 0.126 e. The van der Waals surface area contributed by atoms with E-state index in [0.717, 1.165) is 24.2 Å². The average Bonchev–Trinajstić information content (AvgIpc) is 2.29. The molecule has 1 saturated heterocycles. The van der Waals surface area contributed by atoms with Crippen molar-refractivity contribution in [2.75, 3.05) is 13.1 Å². The molecule has 16 heavy (non-hydrogen) atoms. The summed E-state index contributed by atoms with van der Waals surface area (Å²) < 4.78 is 13.8. The maximum atomic E-state index is 13.8. The van der Waals surface area contributed by atoms with Crippen LogP contribution in [0.25, 0.3) is 0 Å². The van der Waals surface area contributed by atoms with Crippen LogP contribution >= 0.6 is 0 Å². The number of piperidine rings is 1. The van der Waals surface area contributed by atoms with Gasteiger partial charge in [0.25, 0.3) is 0 Å². The van der Waals surface area contributed by atoms with Crippen LogP contribution in [0.5, 0.6) is 0 Å². The Balaban J connectivity index is 2.19. The highest BCUT2D eigenvalue weighted by Gasteiger charge is 2.16. The Bertz CT molecular complexity index is 354. The number of nitrogens with one attached hydrogen (secondary N) is 1. The highest BCUT2D eigenvalue weighted by Crippen LogP contribution is 2.27. The van der Waals surface area contributed by atoms with Crippen molar-refractivity contribution in [3.05, 3.63) is 35.1 Å². The molecule has 1 fully saturated rings. The second-order valence-corrected chi connectivity index (χ2v) is 4.98. The minimum Gasteiger partial charge on any atom is -0.316 e. The first-order valence-corrected chi connectivity index (χ1v) is 6.18. The second-order valence-electron chi connectivity index (χ2n) is 4.98. The molecule has 0 spiro atoms. The van der Waals surface area contributed by atoms with E-state index < -0.39 is 0 Å². The Morgan fingerprint density at radius 2 is 2.19 bits per heavy atom. The minimum atomic E-state index is -0.0435. The van der Waals surface area contributed by atoms with Gasteiger partial charge in [-0.1, -0.05) is 26.0 Å². The van der Waals surface area contributed by atoms with Gasteiger partial charge in [-0.15, -0.1) is 0 Å². The van der Waals surface area contributed by atoms with Gasteiger partial charge in [-0.3, -0.25) is 0 Å². The number of hydrogen-bond acceptors (Lipinski definition) is 1. The molecule has 0 saturated carbocycles. The molecular weight excluding hydrogens is 201 g/mol. The van der Waals surface area contributed by atoms with Crippen LogP contribution in [0.2, 0.25) is 0 Å². The lowest BCUT2D eigenvalue weighted by molar-refractivity contribution is 0.459. The SMILES string of the molecule is CC(C)c1ccc(C2CCCNC2)cc1F. The van der Waals surface area contributed by atoms with E-state index in [9.17, 15) is 4.39 Å². The van der Waals surface area contributed by atoms with Crippen LogP contribution in [0.1, 0.15) is 49.7 Å². The van der Waals surface area contributed by atoms with Crippen molar-refractivity contribution in [1.29, 1.82) is 0 Å². The summed E-state index contributed by atoms with van der Waals surface area (Å²) in [5, 5.41) is 3.37. The zero-order chi connectivity index (χ0) is 11.5. The van der Waals surface area contributed by atoms with Gasteiger partial charge in [-0.25, -0.2) is 4.39 Å². The lowest BCUT2D eigenvalue weighted by Gasteiger charge is -2.23. The van der Waals surface area contributed by atoms with Crippen LogP contribution in [0.4, 0.5) is 4.39 Å². The molecule has 88 valence electrons. The lowest BCUT2D eigenvalue weighted by Crippen LogP contribution is -2.28. The van der Waals surface area contributed by atoms with Gasteiger partial charge in [0.05, 0.1) is 0 Å². The first kappa shape index (κ1) is 11.6. The molecule has 0 amide bonds. The normalized spacial score (nSPS) is 21.4. The Kier molecular flexibility index (Phi) is 3.59. The van der Waals surface area contributed by atoms with E-state index in [4.69, 9.17) is 0 Å². The van der Waals surface area contributed by atoms with E-state index in [1.54, 1.807) is 6.07 Å².